The van der Waals surface area contributed by atoms with Gasteiger partial charge in [-0.25, -0.2) is 13.1 Å². The molecule has 0 saturated heterocycles. The molecule has 26 heavy (non-hydrogen) atoms. The summed E-state index contributed by atoms with van der Waals surface area (Å²) in [5.74, 6) is 1.04. The second kappa shape index (κ2) is 10.3. The summed E-state index contributed by atoms with van der Waals surface area (Å²) in [4.78, 5) is 6.16. The van der Waals surface area contributed by atoms with Gasteiger partial charge in [0.2, 0.25) is 10.0 Å². The van der Waals surface area contributed by atoms with E-state index in [0.717, 1.165) is 6.54 Å². The van der Waals surface area contributed by atoms with Crippen molar-refractivity contribution < 1.29 is 8.42 Å². The number of hydrogen-bond donors (Lipinski definition) is 3. The lowest BCUT2D eigenvalue weighted by atomic mass is 10.1. The summed E-state index contributed by atoms with van der Waals surface area (Å²) >= 11 is 1.73. The highest BCUT2D eigenvalue weighted by molar-refractivity contribution is 7.89. The van der Waals surface area contributed by atoms with E-state index in [1.54, 1.807) is 41.7 Å². The normalized spacial score (nSPS) is 13.4. The van der Waals surface area contributed by atoms with E-state index in [1.807, 2.05) is 13.0 Å². The fourth-order valence-corrected chi connectivity index (χ4v) is 4.11. The van der Waals surface area contributed by atoms with Gasteiger partial charge in [0.05, 0.1) is 11.4 Å². The maximum atomic E-state index is 12.2. The van der Waals surface area contributed by atoms with Crippen molar-refractivity contribution >= 4 is 27.3 Å². The summed E-state index contributed by atoms with van der Waals surface area (Å²) < 4.78 is 26.9. The molecule has 0 saturated carbocycles. The fraction of sp³-hybridized carbons (Fsp3) is 0.389. The van der Waals surface area contributed by atoms with Crippen LogP contribution in [0, 0.1) is 0 Å². The number of nitrogens with zero attached hydrogens (tertiary/aromatic N) is 1. The third-order valence-corrected chi connectivity index (χ3v) is 6.24. The molecule has 0 radical (unpaired) electrons. The molecule has 0 bridgehead atoms. The molecule has 1 atom stereocenters. The first-order valence-corrected chi connectivity index (χ1v) is 11.0. The van der Waals surface area contributed by atoms with E-state index in [9.17, 15) is 8.42 Å². The van der Waals surface area contributed by atoms with Gasteiger partial charge in [0, 0.05) is 30.4 Å². The highest BCUT2D eigenvalue weighted by Crippen LogP contribution is 2.20. The van der Waals surface area contributed by atoms with Crippen LogP contribution in [0.3, 0.4) is 0 Å². The average molecular weight is 395 g/mol. The zero-order valence-corrected chi connectivity index (χ0v) is 16.7. The number of aliphatic imine (C=N–C) groups is 1. The van der Waals surface area contributed by atoms with Crippen LogP contribution in [0.5, 0.6) is 0 Å². The molecule has 142 valence electrons. The highest BCUT2D eigenvalue weighted by atomic mass is 32.2. The molecular weight excluding hydrogens is 368 g/mol. The molecule has 0 fully saturated rings. The molecule has 0 aliphatic carbocycles. The van der Waals surface area contributed by atoms with Crippen LogP contribution >= 0.6 is 11.3 Å². The molecule has 3 N–H and O–H groups in total. The van der Waals surface area contributed by atoms with Crippen molar-refractivity contribution in [2.45, 2.75) is 24.7 Å². The van der Waals surface area contributed by atoms with Crippen molar-refractivity contribution in [2.75, 3.05) is 26.2 Å². The number of hydrogen-bond acceptors (Lipinski definition) is 4. The van der Waals surface area contributed by atoms with E-state index in [2.05, 4.69) is 38.7 Å². The van der Waals surface area contributed by atoms with Gasteiger partial charge in [0.25, 0.3) is 0 Å². The van der Waals surface area contributed by atoms with Crippen molar-refractivity contribution in [1.29, 1.82) is 0 Å². The Morgan fingerprint density at radius 1 is 1.12 bits per heavy atom. The van der Waals surface area contributed by atoms with E-state index >= 15 is 0 Å². The van der Waals surface area contributed by atoms with E-state index in [1.165, 1.54) is 4.88 Å². The van der Waals surface area contributed by atoms with Crippen molar-refractivity contribution in [3.05, 3.63) is 52.7 Å². The molecule has 2 rings (SSSR count). The van der Waals surface area contributed by atoms with Gasteiger partial charge in [-0.2, -0.15) is 0 Å². The second-order valence-corrected chi connectivity index (χ2v) is 8.52. The molecule has 8 heteroatoms. The largest absolute Gasteiger partial charge is 0.357 e. The summed E-state index contributed by atoms with van der Waals surface area (Å²) in [6.45, 7) is 6.29. The lowest BCUT2D eigenvalue weighted by Crippen LogP contribution is -2.41. The van der Waals surface area contributed by atoms with Crippen molar-refractivity contribution in [2.24, 2.45) is 4.99 Å². The molecule has 1 aromatic heterocycles. The maximum absolute atomic E-state index is 12.2. The van der Waals surface area contributed by atoms with Gasteiger partial charge >= 0.3 is 0 Å². The Balaban J connectivity index is 1.82. The lowest BCUT2D eigenvalue weighted by molar-refractivity contribution is 0.580. The van der Waals surface area contributed by atoms with Crippen LogP contribution in [-0.4, -0.2) is 40.6 Å². The summed E-state index contributed by atoms with van der Waals surface area (Å²) in [7, 11) is -3.47. The van der Waals surface area contributed by atoms with Gasteiger partial charge < -0.3 is 10.6 Å². The quantitative estimate of drug-likeness (QED) is 0.346. The van der Waals surface area contributed by atoms with Gasteiger partial charge in [-0.1, -0.05) is 31.2 Å². The predicted molar refractivity (Wildman–Crippen MR) is 108 cm³/mol. The molecule has 1 heterocycles. The van der Waals surface area contributed by atoms with Crippen LogP contribution in [-0.2, 0) is 10.0 Å². The third-order valence-electron chi connectivity index (χ3n) is 3.66. The van der Waals surface area contributed by atoms with Gasteiger partial charge in [-0.3, -0.25) is 4.99 Å². The topological polar surface area (TPSA) is 82.6 Å². The number of guanidine groups is 1. The number of nitrogens with one attached hydrogen (secondary N) is 3. The fourth-order valence-electron chi connectivity index (χ4n) is 2.28. The molecule has 0 aliphatic rings. The first-order valence-electron chi connectivity index (χ1n) is 8.63. The number of rotatable bonds is 9. The third kappa shape index (κ3) is 6.44. The maximum Gasteiger partial charge on any atom is 0.240 e. The minimum Gasteiger partial charge on any atom is -0.357 e. The van der Waals surface area contributed by atoms with Crippen molar-refractivity contribution in [3.8, 4) is 0 Å². The molecule has 0 aliphatic heterocycles. The average Bonchev–Trinajstić information content (AvgIpc) is 3.18. The minimum atomic E-state index is -3.47. The zero-order chi connectivity index (χ0) is 18.8. The van der Waals surface area contributed by atoms with Crippen LogP contribution in [0.4, 0.5) is 0 Å². The van der Waals surface area contributed by atoms with Gasteiger partial charge in [0.15, 0.2) is 5.96 Å². The smallest absolute Gasteiger partial charge is 0.240 e. The number of sulfonamides is 1. The van der Waals surface area contributed by atoms with Crippen LogP contribution < -0.4 is 15.4 Å². The van der Waals surface area contributed by atoms with Crippen molar-refractivity contribution in [3.63, 3.8) is 0 Å². The Labute approximate surface area is 159 Å². The van der Waals surface area contributed by atoms with Gasteiger partial charge in [-0.15, -0.1) is 11.3 Å². The minimum absolute atomic E-state index is 0.269. The van der Waals surface area contributed by atoms with E-state index < -0.39 is 10.0 Å². The molecule has 0 amide bonds. The van der Waals surface area contributed by atoms with Crippen LogP contribution in [0.25, 0.3) is 0 Å². The summed E-state index contributed by atoms with van der Waals surface area (Å²) in [6, 6.07) is 12.5. The Bertz CT molecular complexity index is 775. The first kappa shape index (κ1) is 20.4. The van der Waals surface area contributed by atoms with Crippen LogP contribution in [0.1, 0.15) is 24.6 Å². The zero-order valence-electron chi connectivity index (χ0n) is 15.1. The summed E-state index contributed by atoms with van der Waals surface area (Å²) in [5.41, 5.74) is 0. The monoisotopic (exact) mass is 394 g/mol. The van der Waals surface area contributed by atoms with Gasteiger partial charge in [0.1, 0.15) is 0 Å². The van der Waals surface area contributed by atoms with Gasteiger partial charge in [-0.05, 0) is 30.5 Å². The predicted octanol–water partition coefficient (Wildman–Crippen LogP) is 2.39. The molecule has 6 nitrogen and oxygen atoms in total. The Morgan fingerprint density at radius 2 is 1.88 bits per heavy atom. The summed E-state index contributed by atoms with van der Waals surface area (Å²) in [5, 5.41) is 8.41. The Kier molecular flexibility index (Phi) is 8.08. The number of thiophene rings is 1. The first-order chi connectivity index (χ1) is 12.5. The van der Waals surface area contributed by atoms with E-state index in [4.69, 9.17) is 0 Å². The second-order valence-electron chi connectivity index (χ2n) is 5.77. The van der Waals surface area contributed by atoms with E-state index in [-0.39, 0.29) is 11.4 Å². The Hall–Kier alpha value is -1.90. The van der Waals surface area contributed by atoms with Crippen LogP contribution in [0.15, 0.2) is 57.7 Å². The molecular formula is C18H26N4O2S2. The Morgan fingerprint density at radius 3 is 2.54 bits per heavy atom. The lowest BCUT2D eigenvalue weighted by Gasteiger charge is -2.13. The van der Waals surface area contributed by atoms with Crippen molar-refractivity contribution in [1.82, 2.24) is 15.4 Å². The molecule has 1 unspecified atom stereocenters. The number of benzene rings is 1. The highest BCUT2D eigenvalue weighted by Gasteiger charge is 2.12. The standard InChI is InChI=1S/C18H26N4O2S2/c1-3-19-18(21-14-15(2)17-10-7-13-25-17)20-11-12-22-26(23,24)16-8-5-4-6-9-16/h4-10,13,15,22H,3,11-12,14H2,1-2H3,(H2,19,20,21). The summed E-state index contributed by atoms with van der Waals surface area (Å²) in [6.07, 6.45) is 0. The van der Waals surface area contributed by atoms with E-state index in [0.29, 0.717) is 25.0 Å². The molecule has 1 aromatic carbocycles. The molecule has 2 aromatic rings. The molecule has 0 spiro atoms. The van der Waals surface area contributed by atoms with Crippen LogP contribution in [0.2, 0.25) is 0 Å². The SMILES string of the molecule is CCNC(=NCC(C)c1cccs1)NCCNS(=O)(=O)c1ccccc1.